The largest absolute Gasteiger partial charge is 0.372 e. The van der Waals surface area contributed by atoms with Gasteiger partial charge in [0.15, 0.2) is 5.03 Å². The van der Waals surface area contributed by atoms with Crippen molar-refractivity contribution >= 4 is 26.0 Å². The zero-order chi connectivity index (χ0) is 19.1. The summed E-state index contributed by atoms with van der Waals surface area (Å²) in [7, 11) is -3.68. The van der Waals surface area contributed by atoms with Crippen LogP contribution in [-0.2, 0) is 34.5 Å². The van der Waals surface area contributed by atoms with E-state index in [4.69, 9.17) is 4.74 Å². The number of benzene rings is 2. The smallest absolute Gasteiger partial charge is 0.258 e. The SMILES string of the molecule is O=S(=O)(NCc1ccccc1COCc1ccccc1)c1ccc(Br)cn1. The van der Waals surface area contributed by atoms with E-state index in [1.165, 1.54) is 12.3 Å². The predicted octanol–water partition coefficient (Wildman–Crippen LogP) is 4.04. The van der Waals surface area contributed by atoms with Gasteiger partial charge in [0.25, 0.3) is 10.0 Å². The number of nitrogens with zero attached hydrogens (tertiary/aromatic N) is 1. The van der Waals surface area contributed by atoms with Gasteiger partial charge in [-0.3, -0.25) is 0 Å². The number of pyridine rings is 1. The summed E-state index contributed by atoms with van der Waals surface area (Å²) in [4.78, 5) is 3.95. The lowest BCUT2D eigenvalue weighted by Crippen LogP contribution is -2.24. The number of nitrogens with one attached hydrogen (secondary N) is 1. The van der Waals surface area contributed by atoms with E-state index in [1.807, 2.05) is 54.6 Å². The minimum atomic E-state index is -3.68. The third-order valence-corrected chi connectivity index (χ3v) is 5.70. The number of hydrogen-bond acceptors (Lipinski definition) is 4. The van der Waals surface area contributed by atoms with Crippen LogP contribution in [0, 0.1) is 0 Å². The van der Waals surface area contributed by atoms with Crippen LogP contribution in [0.2, 0.25) is 0 Å². The zero-order valence-corrected chi connectivity index (χ0v) is 16.9. The van der Waals surface area contributed by atoms with Gasteiger partial charge < -0.3 is 4.74 Å². The van der Waals surface area contributed by atoms with E-state index in [-0.39, 0.29) is 11.6 Å². The van der Waals surface area contributed by atoms with E-state index < -0.39 is 10.0 Å². The Kier molecular flexibility index (Phi) is 6.73. The average Bonchev–Trinajstić information content (AvgIpc) is 2.68. The summed E-state index contributed by atoms with van der Waals surface area (Å²) in [6.07, 6.45) is 1.46. The summed E-state index contributed by atoms with van der Waals surface area (Å²) in [6.45, 7) is 1.08. The Balaban J connectivity index is 1.62. The zero-order valence-electron chi connectivity index (χ0n) is 14.5. The summed E-state index contributed by atoms with van der Waals surface area (Å²) in [6, 6.07) is 20.6. The van der Waals surface area contributed by atoms with Crippen molar-refractivity contribution in [3.8, 4) is 0 Å². The lowest BCUT2D eigenvalue weighted by molar-refractivity contribution is 0.106. The van der Waals surface area contributed by atoms with Crippen LogP contribution in [0.1, 0.15) is 16.7 Å². The highest BCUT2D eigenvalue weighted by Gasteiger charge is 2.16. The van der Waals surface area contributed by atoms with Crippen molar-refractivity contribution in [2.45, 2.75) is 24.8 Å². The Morgan fingerprint density at radius 2 is 1.59 bits per heavy atom. The molecule has 0 saturated heterocycles. The Bertz CT molecular complexity index is 978. The molecule has 0 amide bonds. The monoisotopic (exact) mass is 446 g/mol. The van der Waals surface area contributed by atoms with Gasteiger partial charge in [0, 0.05) is 17.2 Å². The molecule has 1 N–H and O–H groups in total. The average molecular weight is 447 g/mol. The molecule has 0 saturated carbocycles. The molecular weight excluding hydrogens is 428 g/mol. The highest BCUT2D eigenvalue weighted by Crippen LogP contribution is 2.14. The molecule has 5 nitrogen and oxygen atoms in total. The molecule has 0 radical (unpaired) electrons. The predicted molar refractivity (Wildman–Crippen MR) is 107 cm³/mol. The topological polar surface area (TPSA) is 68.3 Å². The molecule has 0 aliphatic carbocycles. The van der Waals surface area contributed by atoms with E-state index in [0.717, 1.165) is 21.2 Å². The van der Waals surface area contributed by atoms with Crippen molar-refractivity contribution < 1.29 is 13.2 Å². The second kappa shape index (κ2) is 9.23. The number of rotatable bonds is 8. The summed E-state index contributed by atoms with van der Waals surface area (Å²) in [5.74, 6) is 0. The van der Waals surface area contributed by atoms with E-state index in [9.17, 15) is 8.42 Å². The highest BCUT2D eigenvalue weighted by molar-refractivity contribution is 9.10. The fourth-order valence-corrected chi connectivity index (χ4v) is 3.66. The van der Waals surface area contributed by atoms with Crippen molar-refractivity contribution in [1.29, 1.82) is 0 Å². The minimum Gasteiger partial charge on any atom is -0.372 e. The van der Waals surface area contributed by atoms with Gasteiger partial charge in [-0.05, 0) is 44.8 Å². The maximum atomic E-state index is 12.4. The number of ether oxygens (including phenoxy) is 1. The fourth-order valence-electron chi connectivity index (χ4n) is 2.49. The normalized spacial score (nSPS) is 11.4. The van der Waals surface area contributed by atoms with Crippen molar-refractivity contribution in [3.63, 3.8) is 0 Å². The van der Waals surface area contributed by atoms with Crippen molar-refractivity contribution in [3.05, 3.63) is 94.1 Å². The third kappa shape index (κ3) is 5.71. The summed E-state index contributed by atoms with van der Waals surface area (Å²) in [5, 5.41) is -0.0106. The van der Waals surface area contributed by atoms with Crippen LogP contribution in [0.15, 0.2) is 82.4 Å². The molecule has 0 spiro atoms. The Hall–Kier alpha value is -2.06. The molecule has 1 aromatic heterocycles. The van der Waals surface area contributed by atoms with Gasteiger partial charge in [0.05, 0.1) is 13.2 Å². The van der Waals surface area contributed by atoms with Crippen LogP contribution in [-0.4, -0.2) is 13.4 Å². The lowest BCUT2D eigenvalue weighted by Gasteiger charge is -2.11. The third-order valence-electron chi connectivity index (χ3n) is 3.92. The van der Waals surface area contributed by atoms with Crippen LogP contribution in [0.3, 0.4) is 0 Å². The molecule has 0 bridgehead atoms. The van der Waals surface area contributed by atoms with Crippen molar-refractivity contribution in [2.75, 3.05) is 0 Å². The molecule has 0 atom stereocenters. The summed E-state index contributed by atoms with van der Waals surface area (Å²) in [5.41, 5.74) is 2.91. The summed E-state index contributed by atoms with van der Waals surface area (Å²) >= 11 is 3.25. The molecule has 0 aliphatic heterocycles. The summed E-state index contributed by atoms with van der Waals surface area (Å²) < 4.78 is 33.9. The van der Waals surface area contributed by atoms with Gasteiger partial charge in [-0.15, -0.1) is 0 Å². The van der Waals surface area contributed by atoms with Crippen LogP contribution in [0.5, 0.6) is 0 Å². The maximum Gasteiger partial charge on any atom is 0.258 e. The molecule has 0 aliphatic rings. The molecular formula is C20H19BrN2O3S. The number of halogens is 1. The lowest BCUT2D eigenvalue weighted by atomic mass is 10.1. The Morgan fingerprint density at radius 3 is 2.30 bits per heavy atom. The number of sulfonamides is 1. The molecule has 0 unspecified atom stereocenters. The first-order valence-electron chi connectivity index (χ1n) is 8.34. The Labute approximate surface area is 167 Å². The van der Waals surface area contributed by atoms with Crippen molar-refractivity contribution in [2.24, 2.45) is 0 Å². The van der Waals surface area contributed by atoms with Crippen LogP contribution < -0.4 is 4.72 Å². The van der Waals surface area contributed by atoms with Gasteiger partial charge in [-0.1, -0.05) is 54.6 Å². The van der Waals surface area contributed by atoms with Gasteiger partial charge in [0.1, 0.15) is 0 Å². The first-order chi connectivity index (χ1) is 13.0. The van der Waals surface area contributed by atoms with Gasteiger partial charge >= 0.3 is 0 Å². The second-order valence-corrected chi connectivity index (χ2v) is 8.52. The van der Waals surface area contributed by atoms with E-state index in [1.54, 1.807) is 6.07 Å². The first kappa shape index (κ1) is 19.7. The molecule has 27 heavy (non-hydrogen) atoms. The molecule has 7 heteroatoms. The van der Waals surface area contributed by atoms with E-state index in [0.29, 0.717) is 13.2 Å². The van der Waals surface area contributed by atoms with Crippen molar-refractivity contribution in [1.82, 2.24) is 9.71 Å². The van der Waals surface area contributed by atoms with Crippen LogP contribution >= 0.6 is 15.9 Å². The highest BCUT2D eigenvalue weighted by atomic mass is 79.9. The standard InChI is InChI=1S/C20H19BrN2O3S/c21-19-10-11-20(22-13-19)27(24,25)23-12-17-8-4-5-9-18(17)15-26-14-16-6-2-1-3-7-16/h1-11,13,23H,12,14-15H2. The van der Waals surface area contributed by atoms with E-state index in [2.05, 4.69) is 25.6 Å². The number of aromatic nitrogens is 1. The van der Waals surface area contributed by atoms with Gasteiger partial charge in [-0.2, -0.15) is 0 Å². The Morgan fingerprint density at radius 1 is 0.889 bits per heavy atom. The molecule has 1 heterocycles. The maximum absolute atomic E-state index is 12.4. The van der Waals surface area contributed by atoms with Crippen LogP contribution in [0.4, 0.5) is 0 Å². The molecule has 2 aromatic carbocycles. The second-order valence-electron chi connectivity index (χ2n) is 5.89. The molecule has 0 fully saturated rings. The van der Waals surface area contributed by atoms with Gasteiger partial charge in [-0.25, -0.2) is 18.1 Å². The van der Waals surface area contributed by atoms with E-state index >= 15 is 0 Å². The fraction of sp³-hybridized carbons (Fsp3) is 0.150. The number of hydrogen-bond donors (Lipinski definition) is 1. The van der Waals surface area contributed by atoms with Crippen LogP contribution in [0.25, 0.3) is 0 Å². The molecule has 140 valence electrons. The molecule has 3 rings (SSSR count). The quantitative estimate of drug-likeness (QED) is 0.566. The molecule has 3 aromatic rings. The first-order valence-corrected chi connectivity index (χ1v) is 10.6. The van der Waals surface area contributed by atoms with Gasteiger partial charge in [0.2, 0.25) is 0 Å². The minimum absolute atomic E-state index is 0.0106.